The lowest BCUT2D eigenvalue weighted by Crippen LogP contribution is -2.35. The number of carbonyl (C=O) groups is 1. The highest BCUT2D eigenvalue weighted by molar-refractivity contribution is 7.92. The van der Waals surface area contributed by atoms with Crippen molar-refractivity contribution in [1.29, 1.82) is 0 Å². The second-order valence-electron chi connectivity index (χ2n) is 13.8. The Morgan fingerprint density at radius 2 is 1.79 bits per heavy atom. The van der Waals surface area contributed by atoms with E-state index in [0.717, 1.165) is 25.3 Å². The number of carbonyl (C=O) groups excluding carboxylic acids is 1. The van der Waals surface area contributed by atoms with Crippen LogP contribution in [0.15, 0.2) is 42.5 Å². The maximum atomic E-state index is 15.3. The van der Waals surface area contributed by atoms with Gasteiger partial charge in [-0.2, -0.15) is 19.0 Å². The minimum Gasteiger partial charge on any atom is -0.375 e. The van der Waals surface area contributed by atoms with Gasteiger partial charge in [-0.25, -0.2) is 35.4 Å². The third kappa shape index (κ3) is 8.62. The number of alkyl halides is 5. The van der Waals surface area contributed by atoms with E-state index in [-0.39, 0.29) is 49.8 Å². The second-order valence-corrected chi connectivity index (χ2v) is 15.9. The normalized spacial score (nSPS) is 16.3. The number of aryl methyl sites for hydroxylation is 1. The summed E-state index contributed by atoms with van der Waals surface area (Å²) in [6, 6.07) is 6.85. The van der Waals surface area contributed by atoms with Crippen LogP contribution in [-0.2, 0) is 40.8 Å². The second kappa shape index (κ2) is 15.6. The van der Waals surface area contributed by atoms with Gasteiger partial charge in [0.15, 0.2) is 11.4 Å². The lowest BCUT2D eigenvalue weighted by Gasteiger charge is -2.23. The van der Waals surface area contributed by atoms with Gasteiger partial charge in [0.25, 0.3) is 12.3 Å². The van der Waals surface area contributed by atoms with Crippen LogP contribution in [0.4, 0.5) is 36.6 Å². The minimum atomic E-state index is -3.87. The number of anilines is 1. The lowest BCUT2D eigenvalue weighted by molar-refractivity contribution is -0.122. The van der Waals surface area contributed by atoms with E-state index in [0.29, 0.717) is 10.7 Å². The fourth-order valence-electron chi connectivity index (χ4n) is 6.77. The molecule has 0 spiro atoms. The maximum Gasteiger partial charge on any atom is 0.291 e. The SMILES string of the molecule is C#CC1CC(F)(F)c2c1c(C(F)F)nn2CC(=O)NC(Cc1cc(F)cc(F)c1)c1nc(C#CC(C)(O)CF)ccc1-c1ccc(Cl)c2c(NS(C)(=O)=O)nn(C)c12. The number of aromatic nitrogens is 5. The number of hydrogen-bond acceptors (Lipinski definition) is 7. The molecule has 0 fully saturated rings. The van der Waals surface area contributed by atoms with E-state index >= 15 is 8.78 Å². The summed E-state index contributed by atoms with van der Waals surface area (Å²) in [7, 11) is -2.39. The molecule has 0 aliphatic heterocycles. The summed E-state index contributed by atoms with van der Waals surface area (Å²) in [6.45, 7) is -1.20. The molecule has 0 bridgehead atoms. The van der Waals surface area contributed by atoms with E-state index in [4.69, 9.17) is 18.0 Å². The van der Waals surface area contributed by atoms with Gasteiger partial charge in [0.05, 0.1) is 39.8 Å². The van der Waals surface area contributed by atoms with Gasteiger partial charge < -0.3 is 10.4 Å². The summed E-state index contributed by atoms with van der Waals surface area (Å²) in [4.78, 5) is 18.5. The topological polar surface area (TPSA) is 144 Å². The van der Waals surface area contributed by atoms with Gasteiger partial charge in [0, 0.05) is 36.2 Å². The van der Waals surface area contributed by atoms with Crippen LogP contribution in [0.3, 0.4) is 0 Å². The number of nitrogens with zero attached hydrogens (tertiary/aromatic N) is 5. The van der Waals surface area contributed by atoms with Gasteiger partial charge >= 0.3 is 0 Å². The van der Waals surface area contributed by atoms with Gasteiger partial charge in [-0.3, -0.25) is 18.9 Å². The Labute approximate surface area is 331 Å². The van der Waals surface area contributed by atoms with E-state index in [9.17, 15) is 40.3 Å². The van der Waals surface area contributed by atoms with Crippen molar-refractivity contribution in [2.45, 2.75) is 56.2 Å². The van der Waals surface area contributed by atoms with Crippen molar-refractivity contribution in [3.63, 3.8) is 0 Å². The van der Waals surface area contributed by atoms with E-state index in [1.54, 1.807) is 0 Å². The molecular formula is C38H31ClF7N7O4S. The largest absolute Gasteiger partial charge is 0.375 e. The number of sulfonamides is 1. The molecule has 20 heteroatoms. The minimum absolute atomic E-state index is 0.0304. The van der Waals surface area contributed by atoms with Crippen molar-refractivity contribution in [2.24, 2.45) is 7.05 Å². The van der Waals surface area contributed by atoms with Crippen LogP contribution in [0.2, 0.25) is 5.02 Å². The van der Waals surface area contributed by atoms with Crippen LogP contribution in [0.1, 0.15) is 65.6 Å². The number of fused-ring (bicyclic) bond motifs is 2. The van der Waals surface area contributed by atoms with Crippen molar-refractivity contribution < 1.29 is 49.1 Å². The number of hydrogen-bond donors (Lipinski definition) is 3. The predicted octanol–water partition coefficient (Wildman–Crippen LogP) is 6.46. The van der Waals surface area contributed by atoms with Crippen molar-refractivity contribution in [3.8, 4) is 35.3 Å². The Morgan fingerprint density at radius 1 is 1.12 bits per heavy atom. The monoisotopic (exact) mass is 849 g/mol. The predicted molar refractivity (Wildman–Crippen MR) is 199 cm³/mol. The first-order valence-electron chi connectivity index (χ1n) is 17.0. The van der Waals surface area contributed by atoms with Gasteiger partial charge in [0.2, 0.25) is 15.9 Å². The zero-order valence-corrected chi connectivity index (χ0v) is 32.1. The molecule has 304 valence electrons. The summed E-state index contributed by atoms with van der Waals surface area (Å²) in [5, 5.41) is 21.0. The lowest BCUT2D eigenvalue weighted by atomic mass is 9.93. The Balaban J connectivity index is 1.55. The number of terminal acetylenes is 1. The molecule has 5 aromatic rings. The molecule has 1 aliphatic carbocycles. The summed E-state index contributed by atoms with van der Waals surface area (Å²) >= 11 is 6.55. The molecular weight excluding hydrogens is 819 g/mol. The number of aliphatic hydroxyl groups is 1. The van der Waals surface area contributed by atoms with Crippen LogP contribution in [-0.4, -0.2) is 62.5 Å². The fraction of sp³-hybridized carbons (Fsp3) is 0.316. The zero-order chi connectivity index (χ0) is 42.5. The molecule has 0 saturated carbocycles. The molecule has 0 saturated heterocycles. The van der Waals surface area contributed by atoms with Crippen LogP contribution >= 0.6 is 11.6 Å². The Hall–Kier alpha value is -5.63. The smallest absolute Gasteiger partial charge is 0.291 e. The Kier molecular flexibility index (Phi) is 11.3. The van der Waals surface area contributed by atoms with Crippen molar-refractivity contribution in [1.82, 2.24) is 29.9 Å². The molecule has 2 aromatic carbocycles. The molecule has 58 heavy (non-hydrogen) atoms. The molecule has 3 N–H and O–H groups in total. The quantitative estimate of drug-likeness (QED) is 0.102. The van der Waals surface area contributed by atoms with Gasteiger partial charge in [-0.05, 0) is 55.2 Å². The highest BCUT2D eigenvalue weighted by Gasteiger charge is 2.51. The maximum absolute atomic E-state index is 15.3. The van der Waals surface area contributed by atoms with E-state index in [2.05, 4.69) is 43.0 Å². The third-order valence-electron chi connectivity index (χ3n) is 9.06. The van der Waals surface area contributed by atoms with Crippen LogP contribution < -0.4 is 10.0 Å². The standard InChI is InChI=1S/C38H31ClF7N7O4S/c1-5-20-16-38(45,46)34-29(20)32(35(43)44)49-53(34)17-28(54)48-27(14-19-12-21(41)15-22(42)13-19)31-24(7-6-23(47-31)10-11-37(2,55)18-40)25-8-9-26(39)30-33(25)52(3)50-36(30)51-58(4,56)57/h1,6-9,12-13,15,20,27,35,55H,14,16-18H2,2-4H3,(H,48,54)(H,50,51). The third-order valence-corrected chi connectivity index (χ3v) is 9.94. The van der Waals surface area contributed by atoms with Crippen molar-refractivity contribution >= 4 is 44.3 Å². The first-order chi connectivity index (χ1) is 27.1. The molecule has 3 atom stereocenters. The molecule has 1 amide bonds. The molecule has 1 aliphatic rings. The van der Waals surface area contributed by atoms with Gasteiger partial charge in [-0.15, -0.1) is 6.42 Å². The average Bonchev–Trinajstić information content (AvgIpc) is 3.75. The molecule has 3 aromatic heterocycles. The zero-order valence-electron chi connectivity index (χ0n) is 30.5. The number of rotatable bonds is 11. The van der Waals surface area contributed by atoms with Crippen LogP contribution in [0.25, 0.3) is 22.0 Å². The number of amides is 1. The van der Waals surface area contributed by atoms with E-state index in [1.807, 2.05) is 0 Å². The number of halogens is 8. The number of nitrogens with one attached hydrogen (secondary N) is 2. The van der Waals surface area contributed by atoms with Crippen LogP contribution in [0, 0.1) is 35.8 Å². The van der Waals surface area contributed by atoms with Crippen molar-refractivity contribution in [3.05, 3.63) is 93.0 Å². The van der Waals surface area contributed by atoms with Gasteiger partial charge in [0.1, 0.15) is 41.9 Å². The molecule has 3 heterocycles. The van der Waals surface area contributed by atoms with Crippen LogP contribution in [0.5, 0.6) is 0 Å². The summed E-state index contributed by atoms with van der Waals surface area (Å²) in [6.07, 6.45) is 1.55. The summed E-state index contributed by atoms with van der Waals surface area (Å²) in [5.41, 5.74) is -4.18. The molecule has 6 rings (SSSR count). The summed E-state index contributed by atoms with van der Waals surface area (Å²) in [5.74, 6) is -1.38. The molecule has 3 unspecified atom stereocenters. The van der Waals surface area contributed by atoms with Gasteiger partial charge in [-0.1, -0.05) is 29.5 Å². The number of benzene rings is 2. The average molecular weight is 850 g/mol. The summed E-state index contributed by atoms with van der Waals surface area (Å²) < 4.78 is 130. The fourth-order valence-corrected chi connectivity index (χ4v) is 7.50. The highest BCUT2D eigenvalue weighted by Crippen LogP contribution is 2.51. The highest BCUT2D eigenvalue weighted by atomic mass is 35.5. The van der Waals surface area contributed by atoms with E-state index < -0.39 is 100 Å². The molecule has 0 radical (unpaired) electrons. The van der Waals surface area contributed by atoms with E-state index in [1.165, 1.54) is 36.0 Å². The first kappa shape index (κ1) is 42.0. The Morgan fingerprint density at radius 3 is 2.41 bits per heavy atom. The Bertz CT molecular complexity index is 2660. The molecule has 11 nitrogen and oxygen atoms in total. The van der Waals surface area contributed by atoms with Crippen molar-refractivity contribution in [2.75, 3.05) is 17.7 Å². The number of pyridine rings is 1. The first-order valence-corrected chi connectivity index (χ1v) is 19.3.